The highest BCUT2D eigenvalue weighted by atomic mass is 32.1. The van der Waals surface area contributed by atoms with Crippen molar-refractivity contribution in [1.82, 2.24) is 4.98 Å². The number of carbonyl (C=O) groups is 1. The molecule has 0 saturated carbocycles. The summed E-state index contributed by atoms with van der Waals surface area (Å²) in [5.41, 5.74) is 1.69. The molecule has 26 heavy (non-hydrogen) atoms. The number of ether oxygens (including phenoxy) is 2. The molecule has 3 aromatic rings. The van der Waals surface area contributed by atoms with Gasteiger partial charge in [-0.2, -0.15) is 0 Å². The summed E-state index contributed by atoms with van der Waals surface area (Å²) in [6.07, 6.45) is 4.63. The minimum atomic E-state index is -0.0244. The predicted octanol–water partition coefficient (Wildman–Crippen LogP) is 4.30. The maximum absolute atomic E-state index is 12.2. The zero-order chi connectivity index (χ0) is 18.2. The van der Waals surface area contributed by atoms with Gasteiger partial charge in [0.25, 0.3) is 0 Å². The summed E-state index contributed by atoms with van der Waals surface area (Å²) in [7, 11) is 1.59. The number of amides is 1. The Hall–Kier alpha value is -2.86. The largest absolute Gasteiger partial charge is 0.493 e. The molecule has 0 unspecified atom stereocenters. The Balaban J connectivity index is 1.61. The van der Waals surface area contributed by atoms with Crippen LogP contribution in [0.4, 0.5) is 5.69 Å². The third-order valence-corrected chi connectivity index (χ3v) is 4.71. The lowest BCUT2D eigenvalue weighted by atomic mass is 10.2. The molecule has 0 radical (unpaired) electrons. The van der Waals surface area contributed by atoms with Crippen molar-refractivity contribution in [3.63, 3.8) is 0 Å². The maximum atomic E-state index is 12.2. The lowest BCUT2D eigenvalue weighted by molar-refractivity contribution is -0.116. The van der Waals surface area contributed by atoms with Gasteiger partial charge in [0.05, 0.1) is 7.11 Å². The molecule has 134 valence electrons. The molecule has 0 aliphatic heterocycles. The van der Waals surface area contributed by atoms with Gasteiger partial charge in [-0.3, -0.25) is 9.78 Å². The molecular formula is C20H20N2O3S. The van der Waals surface area contributed by atoms with Crippen LogP contribution in [-0.2, 0) is 17.8 Å². The predicted molar refractivity (Wildman–Crippen MR) is 103 cm³/mol. The molecule has 0 aliphatic carbocycles. The molecule has 0 fully saturated rings. The van der Waals surface area contributed by atoms with Gasteiger partial charge in [-0.15, -0.1) is 11.3 Å². The van der Waals surface area contributed by atoms with E-state index in [2.05, 4.69) is 10.3 Å². The van der Waals surface area contributed by atoms with E-state index in [1.165, 1.54) is 4.88 Å². The molecule has 2 aromatic heterocycles. The third-order valence-electron chi connectivity index (χ3n) is 3.77. The first kappa shape index (κ1) is 17.9. The van der Waals surface area contributed by atoms with E-state index in [4.69, 9.17) is 9.47 Å². The lowest BCUT2D eigenvalue weighted by Gasteiger charge is -2.13. The van der Waals surface area contributed by atoms with Gasteiger partial charge >= 0.3 is 0 Å². The number of nitrogens with zero attached hydrogens (tertiary/aromatic N) is 1. The van der Waals surface area contributed by atoms with Crippen LogP contribution in [-0.4, -0.2) is 18.0 Å². The van der Waals surface area contributed by atoms with Crippen LogP contribution < -0.4 is 14.8 Å². The van der Waals surface area contributed by atoms with Crippen molar-refractivity contribution in [1.29, 1.82) is 0 Å². The molecule has 1 amide bonds. The van der Waals surface area contributed by atoms with Crippen molar-refractivity contribution < 1.29 is 14.3 Å². The van der Waals surface area contributed by atoms with E-state index in [0.717, 1.165) is 12.0 Å². The quantitative estimate of drug-likeness (QED) is 0.644. The first-order valence-corrected chi connectivity index (χ1v) is 9.14. The zero-order valence-corrected chi connectivity index (χ0v) is 15.3. The van der Waals surface area contributed by atoms with Crippen LogP contribution >= 0.6 is 11.3 Å². The minimum Gasteiger partial charge on any atom is -0.493 e. The van der Waals surface area contributed by atoms with Gasteiger partial charge in [0.1, 0.15) is 6.61 Å². The highest BCUT2D eigenvalue weighted by molar-refractivity contribution is 7.09. The van der Waals surface area contributed by atoms with Crippen molar-refractivity contribution in [3.05, 3.63) is 70.7 Å². The van der Waals surface area contributed by atoms with Crippen LogP contribution in [0.2, 0.25) is 0 Å². The molecule has 3 rings (SSSR count). The minimum absolute atomic E-state index is 0.0244. The zero-order valence-electron chi connectivity index (χ0n) is 14.5. The van der Waals surface area contributed by atoms with Crippen molar-refractivity contribution >= 4 is 22.9 Å². The number of thiophene rings is 1. The van der Waals surface area contributed by atoms with Gasteiger partial charge in [-0.25, -0.2) is 0 Å². The summed E-state index contributed by atoms with van der Waals surface area (Å²) in [4.78, 5) is 17.4. The van der Waals surface area contributed by atoms with Gasteiger partial charge in [-0.1, -0.05) is 6.07 Å². The molecule has 5 nitrogen and oxygen atoms in total. The molecular weight excluding hydrogens is 348 g/mol. The normalized spacial score (nSPS) is 10.3. The summed E-state index contributed by atoms with van der Waals surface area (Å²) in [6, 6.07) is 13.2. The van der Waals surface area contributed by atoms with Crippen LogP contribution in [0.25, 0.3) is 0 Å². The fraction of sp³-hybridized carbons (Fsp3) is 0.200. The Bertz CT molecular complexity index is 836. The van der Waals surface area contributed by atoms with E-state index in [1.807, 2.05) is 29.6 Å². The summed E-state index contributed by atoms with van der Waals surface area (Å²) in [6.45, 7) is 0.397. The fourth-order valence-electron chi connectivity index (χ4n) is 2.42. The number of rotatable bonds is 8. The molecule has 2 heterocycles. The second-order valence-electron chi connectivity index (χ2n) is 5.64. The Morgan fingerprint density at radius 3 is 2.73 bits per heavy atom. The van der Waals surface area contributed by atoms with Crippen LogP contribution in [0.15, 0.2) is 60.2 Å². The monoisotopic (exact) mass is 368 g/mol. The topological polar surface area (TPSA) is 60.5 Å². The number of carbonyl (C=O) groups excluding carboxylic acids is 1. The SMILES string of the molecule is COc1ccc(NC(=O)CCc2cccs2)cc1OCc1ccncc1. The van der Waals surface area contributed by atoms with E-state index < -0.39 is 0 Å². The highest BCUT2D eigenvalue weighted by Gasteiger charge is 2.09. The van der Waals surface area contributed by atoms with Crippen molar-refractivity contribution in [2.75, 3.05) is 12.4 Å². The summed E-state index contributed by atoms with van der Waals surface area (Å²) in [5.74, 6) is 1.18. The summed E-state index contributed by atoms with van der Waals surface area (Å²) < 4.78 is 11.2. The van der Waals surface area contributed by atoms with Gasteiger partial charge in [0.2, 0.25) is 5.91 Å². The van der Waals surface area contributed by atoms with E-state index in [9.17, 15) is 4.79 Å². The smallest absolute Gasteiger partial charge is 0.224 e. The van der Waals surface area contributed by atoms with Crippen molar-refractivity contribution in [2.45, 2.75) is 19.4 Å². The van der Waals surface area contributed by atoms with Gasteiger partial charge < -0.3 is 14.8 Å². The number of aromatic nitrogens is 1. The van der Waals surface area contributed by atoms with Crippen LogP contribution in [0.3, 0.4) is 0 Å². The van der Waals surface area contributed by atoms with Crippen LogP contribution in [0, 0.1) is 0 Å². The molecule has 0 bridgehead atoms. The standard InChI is InChI=1S/C20H20N2O3S/c1-24-18-6-4-16(22-20(23)7-5-17-3-2-12-26-17)13-19(18)25-14-15-8-10-21-11-9-15/h2-4,6,8-13H,5,7,14H2,1H3,(H,22,23). The molecule has 1 aromatic carbocycles. The molecule has 1 N–H and O–H groups in total. The lowest BCUT2D eigenvalue weighted by Crippen LogP contribution is -2.12. The molecule has 6 heteroatoms. The van der Waals surface area contributed by atoms with Crippen molar-refractivity contribution in [3.8, 4) is 11.5 Å². The summed E-state index contributed by atoms with van der Waals surface area (Å²) in [5, 5.41) is 4.93. The number of pyridine rings is 1. The van der Waals surface area contributed by atoms with Crippen LogP contribution in [0.5, 0.6) is 11.5 Å². The number of anilines is 1. The average Bonchev–Trinajstić information content (AvgIpc) is 3.19. The Morgan fingerprint density at radius 2 is 2.00 bits per heavy atom. The molecule has 0 saturated heterocycles. The number of methoxy groups -OCH3 is 1. The molecule has 0 spiro atoms. The van der Waals surface area contributed by atoms with E-state index in [1.54, 1.807) is 49.0 Å². The van der Waals surface area contributed by atoms with E-state index in [-0.39, 0.29) is 5.91 Å². The maximum Gasteiger partial charge on any atom is 0.224 e. The second-order valence-corrected chi connectivity index (χ2v) is 6.67. The number of benzene rings is 1. The van der Waals surface area contributed by atoms with Crippen LogP contribution in [0.1, 0.15) is 16.9 Å². The van der Waals surface area contributed by atoms with Gasteiger partial charge in [0.15, 0.2) is 11.5 Å². The molecule has 0 aliphatic rings. The van der Waals surface area contributed by atoms with E-state index in [0.29, 0.717) is 30.2 Å². The third kappa shape index (κ3) is 5.07. The first-order chi connectivity index (χ1) is 12.7. The van der Waals surface area contributed by atoms with Crippen molar-refractivity contribution in [2.24, 2.45) is 0 Å². The first-order valence-electron chi connectivity index (χ1n) is 8.26. The molecule has 0 atom stereocenters. The van der Waals surface area contributed by atoms with Gasteiger partial charge in [0, 0.05) is 35.4 Å². The Kier molecular flexibility index (Phi) is 6.22. The van der Waals surface area contributed by atoms with E-state index >= 15 is 0 Å². The second kappa shape index (κ2) is 9.01. The summed E-state index contributed by atoms with van der Waals surface area (Å²) >= 11 is 1.66. The number of hydrogen-bond donors (Lipinski definition) is 1. The number of hydrogen-bond acceptors (Lipinski definition) is 5. The Morgan fingerprint density at radius 1 is 1.15 bits per heavy atom. The number of nitrogens with one attached hydrogen (secondary N) is 1. The Labute approximate surface area is 156 Å². The highest BCUT2D eigenvalue weighted by Crippen LogP contribution is 2.31. The average molecular weight is 368 g/mol. The van der Waals surface area contributed by atoms with Gasteiger partial charge in [-0.05, 0) is 47.7 Å². The number of aryl methyl sites for hydroxylation is 1. The fourth-order valence-corrected chi connectivity index (χ4v) is 3.13.